The fraction of sp³-hybridized carbons (Fsp3) is 0.600. The molecule has 0 aliphatic carbocycles. The summed E-state index contributed by atoms with van der Waals surface area (Å²) in [7, 11) is 0. The molecule has 0 atom stereocenters. The predicted octanol–water partition coefficient (Wildman–Crippen LogP) is 2.35. The van der Waals surface area contributed by atoms with Crippen molar-refractivity contribution >= 4 is 11.9 Å². The molecule has 0 bridgehead atoms. The summed E-state index contributed by atoms with van der Waals surface area (Å²) < 4.78 is 0. The van der Waals surface area contributed by atoms with Gasteiger partial charge in [-0.2, -0.15) is 0 Å². The number of rotatable bonds is 10. The van der Waals surface area contributed by atoms with E-state index in [9.17, 15) is 4.79 Å². The van der Waals surface area contributed by atoms with Crippen LogP contribution >= 0.6 is 0 Å². The Balaban J connectivity index is 2.51. The highest BCUT2D eigenvalue weighted by Gasteiger charge is 2.12. The van der Waals surface area contributed by atoms with Gasteiger partial charge >= 0.3 is 0 Å². The minimum absolute atomic E-state index is 0.410. The second kappa shape index (κ2) is 11.5. The molecule has 0 heterocycles. The lowest BCUT2D eigenvalue weighted by Crippen LogP contribution is -2.41. The van der Waals surface area contributed by atoms with Crippen molar-refractivity contribution in [2.75, 3.05) is 19.6 Å². The summed E-state index contributed by atoms with van der Waals surface area (Å²) in [6.07, 6.45) is 1.06. The normalized spacial score (nSPS) is 12.1. The van der Waals surface area contributed by atoms with E-state index in [2.05, 4.69) is 55.1 Å². The Bertz CT molecular complexity index is 558. The molecule has 0 aliphatic heterocycles. The highest BCUT2D eigenvalue weighted by Crippen LogP contribution is 2.06. The van der Waals surface area contributed by atoms with Gasteiger partial charge in [-0.1, -0.05) is 12.1 Å². The molecule has 0 saturated heterocycles. The first-order chi connectivity index (χ1) is 12.3. The first kappa shape index (κ1) is 22.0. The van der Waals surface area contributed by atoms with Gasteiger partial charge in [-0.05, 0) is 58.7 Å². The molecule has 26 heavy (non-hydrogen) atoms. The zero-order chi connectivity index (χ0) is 19.5. The third-order valence-corrected chi connectivity index (χ3v) is 4.21. The van der Waals surface area contributed by atoms with Crippen LogP contribution in [-0.4, -0.2) is 48.5 Å². The number of hydrogen-bond acceptors (Lipinski definition) is 3. The van der Waals surface area contributed by atoms with Gasteiger partial charge in [0.15, 0.2) is 5.96 Å². The lowest BCUT2D eigenvalue weighted by Gasteiger charge is -2.30. The average molecular weight is 362 g/mol. The van der Waals surface area contributed by atoms with E-state index in [-0.39, 0.29) is 0 Å². The standard InChI is InChI=1S/C20H35N5O/c1-6-22-20(23-12-7-13-25(15(2)3)16(4)5)24-14-17-8-10-18(11-9-17)19(21)26/h8-11,15-16H,6-7,12-14H2,1-5H3,(H2,21,26)(H2,22,23,24). The van der Waals surface area contributed by atoms with E-state index >= 15 is 0 Å². The number of hydrogen-bond donors (Lipinski definition) is 3. The smallest absolute Gasteiger partial charge is 0.248 e. The third-order valence-electron chi connectivity index (χ3n) is 4.21. The fourth-order valence-electron chi connectivity index (χ4n) is 2.87. The Morgan fingerprint density at radius 2 is 1.73 bits per heavy atom. The van der Waals surface area contributed by atoms with Gasteiger partial charge in [0.2, 0.25) is 5.91 Å². The van der Waals surface area contributed by atoms with E-state index in [0.717, 1.165) is 37.6 Å². The molecular weight excluding hydrogens is 326 g/mol. The number of aliphatic imine (C=N–C) groups is 1. The molecule has 0 fully saturated rings. The molecule has 0 aliphatic rings. The van der Waals surface area contributed by atoms with Gasteiger partial charge in [0, 0.05) is 37.3 Å². The number of guanidine groups is 1. The number of primary amides is 1. The van der Waals surface area contributed by atoms with Crippen LogP contribution in [0.25, 0.3) is 0 Å². The van der Waals surface area contributed by atoms with Crippen LogP contribution in [0.2, 0.25) is 0 Å². The number of nitrogens with one attached hydrogen (secondary N) is 2. The first-order valence-electron chi connectivity index (χ1n) is 9.51. The van der Waals surface area contributed by atoms with E-state index in [0.29, 0.717) is 24.2 Å². The van der Waals surface area contributed by atoms with Gasteiger partial charge in [0.25, 0.3) is 0 Å². The summed E-state index contributed by atoms with van der Waals surface area (Å²) in [4.78, 5) is 18.2. The van der Waals surface area contributed by atoms with Crippen LogP contribution < -0.4 is 16.4 Å². The van der Waals surface area contributed by atoms with E-state index in [1.807, 2.05) is 12.1 Å². The number of amides is 1. The monoisotopic (exact) mass is 361 g/mol. The molecule has 1 rings (SSSR count). The van der Waals surface area contributed by atoms with Gasteiger partial charge in [0.1, 0.15) is 0 Å². The third kappa shape index (κ3) is 7.87. The maximum atomic E-state index is 11.1. The molecular formula is C20H35N5O. The summed E-state index contributed by atoms with van der Waals surface area (Å²) in [5.41, 5.74) is 6.82. The van der Waals surface area contributed by atoms with Crippen LogP contribution in [0.4, 0.5) is 0 Å². The zero-order valence-electron chi connectivity index (χ0n) is 16.9. The van der Waals surface area contributed by atoms with Crippen LogP contribution in [0.1, 0.15) is 57.0 Å². The van der Waals surface area contributed by atoms with Crippen molar-refractivity contribution < 1.29 is 4.79 Å². The van der Waals surface area contributed by atoms with E-state index < -0.39 is 5.91 Å². The van der Waals surface area contributed by atoms with Gasteiger partial charge in [-0.25, -0.2) is 4.99 Å². The van der Waals surface area contributed by atoms with Crippen LogP contribution in [0.3, 0.4) is 0 Å². The molecule has 6 nitrogen and oxygen atoms in total. The van der Waals surface area contributed by atoms with Crippen molar-refractivity contribution in [2.24, 2.45) is 10.7 Å². The second-order valence-electron chi connectivity index (χ2n) is 6.96. The summed E-state index contributed by atoms with van der Waals surface area (Å²) in [6.45, 7) is 14.3. The maximum absolute atomic E-state index is 11.1. The zero-order valence-corrected chi connectivity index (χ0v) is 16.9. The predicted molar refractivity (Wildman–Crippen MR) is 109 cm³/mol. The number of nitrogens with two attached hydrogens (primary N) is 1. The molecule has 0 aromatic heterocycles. The van der Waals surface area contributed by atoms with Gasteiger partial charge < -0.3 is 16.4 Å². The molecule has 0 saturated carbocycles. The van der Waals surface area contributed by atoms with Crippen molar-refractivity contribution in [2.45, 2.75) is 59.7 Å². The van der Waals surface area contributed by atoms with Crippen molar-refractivity contribution in [3.63, 3.8) is 0 Å². The Morgan fingerprint density at radius 1 is 1.12 bits per heavy atom. The van der Waals surface area contributed by atoms with Crippen LogP contribution in [0, 0.1) is 0 Å². The van der Waals surface area contributed by atoms with Gasteiger partial charge in [0.05, 0.1) is 6.54 Å². The quantitative estimate of drug-likeness (QED) is 0.339. The van der Waals surface area contributed by atoms with Crippen molar-refractivity contribution in [1.82, 2.24) is 15.5 Å². The highest BCUT2D eigenvalue weighted by molar-refractivity contribution is 5.92. The van der Waals surface area contributed by atoms with E-state index in [1.54, 1.807) is 12.1 Å². The van der Waals surface area contributed by atoms with Crippen LogP contribution in [0.15, 0.2) is 29.3 Å². The SMILES string of the molecule is CCNC(=NCc1ccc(C(N)=O)cc1)NCCCN(C(C)C)C(C)C. The molecule has 0 radical (unpaired) electrons. The molecule has 6 heteroatoms. The second-order valence-corrected chi connectivity index (χ2v) is 6.96. The summed E-state index contributed by atoms with van der Waals surface area (Å²) in [6, 6.07) is 8.35. The van der Waals surface area contributed by atoms with Crippen LogP contribution in [-0.2, 0) is 6.54 Å². The molecule has 0 spiro atoms. The molecule has 146 valence electrons. The molecule has 0 unspecified atom stereocenters. The molecule has 1 aromatic carbocycles. The van der Waals surface area contributed by atoms with Crippen molar-refractivity contribution in [1.29, 1.82) is 0 Å². The summed E-state index contributed by atoms with van der Waals surface area (Å²) in [5.74, 6) is 0.402. The van der Waals surface area contributed by atoms with E-state index in [1.165, 1.54) is 0 Å². The van der Waals surface area contributed by atoms with Crippen LogP contribution in [0.5, 0.6) is 0 Å². The van der Waals surface area contributed by atoms with Gasteiger partial charge in [-0.3, -0.25) is 9.69 Å². The average Bonchev–Trinajstić information content (AvgIpc) is 2.59. The lowest BCUT2D eigenvalue weighted by atomic mass is 10.1. The molecule has 1 amide bonds. The number of benzene rings is 1. The van der Waals surface area contributed by atoms with Crippen molar-refractivity contribution in [3.8, 4) is 0 Å². The number of carbonyl (C=O) groups is 1. The number of nitrogens with zero attached hydrogens (tertiary/aromatic N) is 2. The van der Waals surface area contributed by atoms with E-state index in [4.69, 9.17) is 5.73 Å². The Morgan fingerprint density at radius 3 is 2.23 bits per heavy atom. The lowest BCUT2D eigenvalue weighted by molar-refractivity contribution is 0.100. The largest absolute Gasteiger partial charge is 0.366 e. The highest BCUT2D eigenvalue weighted by atomic mass is 16.1. The Hall–Kier alpha value is -2.08. The Labute approximate surface area is 158 Å². The molecule has 1 aromatic rings. The summed E-state index contributed by atoms with van der Waals surface area (Å²) >= 11 is 0. The van der Waals surface area contributed by atoms with Gasteiger partial charge in [-0.15, -0.1) is 0 Å². The molecule has 4 N–H and O–H groups in total. The topological polar surface area (TPSA) is 82.7 Å². The van der Waals surface area contributed by atoms with Crippen molar-refractivity contribution in [3.05, 3.63) is 35.4 Å². The minimum atomic E-state index is -0.410. The first-order valence-corrected chi connectivity index (χ1v) is 9.51. The fourth-order valence-corrected chi connectivity index (χ4v) is 2.87. The minimum Gasteiger partial charge on any atom is -0.366 e. The number of carbonyl (C=O) groups excluding carboxylic acids is 1. The summed E-state index contributed by atoms with van der Waals surface area (Å²) in [5, 5.41) is 6.66. The Kier molecular flexibility index (Phi) is 9.73. The maximum Gasteiger partial charge on any atom is 0.248 e.